The molecule has 294 valence electrons. The molecule has 0 spiro atoms. The largest absolute Gasteiger partial charge is 0.455 e. The number of fused-ring (bicyclic) bond motifs is 4. The van der Waals surface area contributed by atoms with Gasteiger partial charge >= 0.3 is 0 Å². The molecule has 0 saturated carbocycles. The van der Waals surface area contributed by atoms with Crippen molar-refractivity contribution in [3.63, 3.8) is 0 Å². The molecular formula is C57H40N4O. The highest BCUT2D eigenvalue weighted by atomic mass is 16.3. The van der Waals surface area contributed by atoms with E-state index in [2.05, 4.69) is 135 Å². The minimum atomic E-state index is 0.635. The average Bonchev–Trinajstić information content (AvgIpc) is 3.73. The fourth-order valence-electron chi connectivity index (χ4n) is 8.77. The van der Waals surface area contributed by atoms with Gasteiger partial charge in [0.2, 0.25) is 0 Å². The average molecular weight is 797 g/mol. The molecule has 5 nitrogen and oxygen atoms in total. The molecule has 0 N–H and O–H groups in total. The monoisotopic (exact) mass is 796 g/mol. The van der Waals surface area contributed by atoms with Gasteiger partial charge in [-0.15, -0.1) is 0 Å². The number of rotatable bonds is 8. The lowest BCUT2D eigenvalue weighted by molar-refractivity contribution is 0.670. The number of para-hydroxylation sites is 2. The molecule has 0 aliphatic heterocycles. The third-order valence-corrected chi connectivity index (χ3v) is 11.9. The molecule has 11 aromatic rings. The first-order valence-electron chi connectivity index (χ1n) is 21.1. The minimum Gasteiger partial charge on any atom is -0.455 e. The number of hydrogen-bond donors (Lipinski definition) is 0. The Morgan fingerprint density at radius 3 is 1.58 bits per heavy atom. The van der Waals surface area contributed by atoms with Crippen molar-refractivity contribution in [1.29, 1.82) is 0 Å². The maximum Gasteiger partial charge on any atom is 0.164 e. The van der Waals surface area contributed by atoms with Gasteiger partial charge in [-0.25, -0.2) is 19.9 Å². The molecule has 3 aromatic heterocycles. The summed E-state index contributed by atoms with van der Waals surface area (Å²) in [7, 11) is 0. The zero-order valence-electron chi connectivity index (χ0n) is 34.4. The van der Waals surface area contributed by atoms with Crippen LogP contribution in [-0.2, 0) is 6.42 Å². The Bertz CT molecular complexity index is 3370. The second-order valence-electron chi connectivity index (χ2n) is 15.7. The summed E-state index contributed by atoms with van der Waals surface area (Å²) in [5, 5.41) is 3.37. The first-order chi connectivity index (χ1) is 30.6. The van der Waals surface area contributed by atoms with Gasteiger partial charge in [0, 0.05) is 44.0 Å². The molecular weight excluding hydrogens is 757 g/mol. The van der Waals surface area contributed by atoms with E-state index < -0.39 is 0 Å². The van der Waals surface area contributed by atoms with Gasteiger partial charge in [-0.3, -0.25) is 0 Å². The van der Waals surface area contributed by atoms with Crippen molar-refractivity contribution < 1.29 is 4.42 Å². The summed E-state index contributed by atoms with van der Waals surface area (Å²) < 4.78 is 6.48. The third-order valence-electron chi connectivity index (χ3n) is 11.9. The highest BCUT2D eigenvalue weighted by Gasteiger charge is 2.20. The summed E-state index contributed by atoms with van der Waals surface area (Å²) in [5.41, 5.74) is 16.9. The first kappa shape index (κ1) is 37.0. The zero-order chi connectivity index (χ0) is 41.6. The Balaban J connectivity index is 0.978. The van der Waals surface area contributed by atoms with Crippen LogP contribution < -0.4 is 0 Å². The van der Waals surface area contributed by atoms with Gasteiger partial charge in [-0.05, 0) is 64.4 Å². The fourth-order valence-corrected chi connectivity index (χ4v) is 8.77. The van der Waals surface area contributed by atoms with E-state index >= 15 is 0 Å². The summed E-state index contributed by atoms with van der Waals surface area (Å²) in [5.74, 6) is 1.93. The molecule has 0 saturated heterocycles. The maximum absolute atomic E-state index is 6.48. The Morgan fingerprint density at radius 2 is 0.919 bits per heavy atom. The van der Waals surface area contributed by atoms with Crippen LogP contribution in [0.1, 0.15) is 18.1 Å². The number of pyridine rings is 1. The van der Waals surface area contributed by atoms with Crippen molar-refractivity contribution in [3.05, 3.63) is 205 Å². The normalized spacial score (nSPS) is 11.5. The zero-order valence-corrected chi connectivity index (χ0v) is 34.4. The van der Waals surface area contributed by atoms with Gasteiger partial charge in [0.1, 0.15) is 11.2 Å². The Morgan fingerprint density at radius 1 is 0.403 bits per heavy atom. The fraction of sp³-hybridized carbons (Fsp3) is 0.0526. The van der Waals surface area contributed by atoms with Crippen LogP contribution in [0, 0.1) is 6.92 Å². The molecule has 62 heavy (non-hydrogen) atoms. The first-order valence-corrected chi connectivity index (χ1v) is 21.1. The highest BCUT2D eigenvalue weighted by molar-refractivity contribution is 6.10. The second-order valence-corrected chi connectivity index (χ2v) is 15.7. The Hall–Kier alpha value is -8.02. The van der Waals surface area contributed by atoms with Crippen LogP contribution in [0.4, 0.5) is 0 Å². The molecule has 0 radical (unpaired) electrons. The Labute approximate surface area is 360 Å². The van der Waals surface area contributed by atoms with Gasteiger partial charge in [0.15, 0.2) is 17.5 Å². The van der Waals surface area contributed by atoms with Crippen molar-refractivity contribution in [2.75, 3.05) is 0 Å². The SMILES string of the molecule is CCc1ccccc1-c1c(C)c(-c2ccc(-c3ccc(-c4nc(-c5ccccc5)nc(-c5ccccc5)n4)cc3)cc2)nc2cc(-c3cccc4c3oc3ccccc34)ccc12. The summed E-state index contributed by atoms with van der Waals surface area (Å²) in [6, 6.07) is 67.5. The number of nitrogens with zero attached hydrogens (tertiary/aromatic N) is 4. The summed E-state index contributed by atoms with van der Waals surface area (Å²) in [6.45, 7) is 4.44. The van der Waals surface area contributed by atoms with E-state index in [1.807, 2.05) is 72.8 Å². The number of hydrogen-bond acceptors (Lipinski definition) is 5. The van der Waals surface area contributed by atoms with Crippen LogP contribution in [0.25, 0.3) is 112 Å². The number of benzene rings is 8. The van der Waals surface area contributed by atoms with Crippen LogP contribution >= 0.6 is 0 Å². The molecule has 0 bridgehead atoms. The topological polar surface area (TPSA) is 64.7 Å². The van der Waals surface area contributed by atoms with Crippen molar-refractivity contribution in [3.8, 4) is 78.8 Å². The number of aromatic nitrogens is 4. The predicted molar refractivity (Wildman–Crippen MR) is 255 cm³/mol. The quantitative estimate of drug-likeness (QED) is 0.153. The molecule has 3 heterocycles. The van der Waals surface area contributed by atoms with Crippen molar-refractivity contribution >= 4 is 32.8 Å². The van der Waals surface area contributed by atoms with Crippen molar-refractivity contribution in [2.24, 2.45) is 0 Å². The molecule has 0 aliphatic carbocycles. The summed E-state index contributed by atoms with van der Waals surface area (Å²) in [6.07, 6.45) is 0.935. The molecule has 8 aromatic carbocycles. The molecule has 0 atom stereocenters. The van der Waals surface area contributed by atoms with Crippen molar-refractivity contribution in [1.82, 2.24) is 19.9 Å². The van der Waals surface area contributed by atoms with Gasteiger partial charge in [0.25, 0.3) is 0 Å². The second kappa shape index (κ2) is 15.5. The van der Waals surface area contributed by atoms with Crippen molar-refractivity contribution in [2.45, 2.75) is 20.3 Å². The molecule has 5 heteroatoms. The molecule has 11 rings (SSSR count). The lowest BCUT2D eigenvalue weighted by atomic mass is 9.88. The molecule has 0 amide bonds. The van der Waals surface area contributed by atoms with Crippen LogP contribution in [-0.4, -0.2) is 19.9 Å². The van der Waals surface area contributed by atoms with E-state index in [0.29, 0.717) is 17.5 Å². The van der Waals surface area contributed by atoms with E-state index in [4.69, 9.17) is 24.4 Å². The lowest BCUT2D eigenvalue weighted by Gasteiger charge is -2.18. The van der Waals surface area contributed by atoms with Crippen LogP contribution in [0.5, 0.6) is 0 Å². The van der Waals surface area contributed by atoms with E-state index in [-0.39, 0.29) is 0 Å². The third kappa shape index (κ3) is 6.61. The Kier molecular flexibility index (Phi) is 9.28. The van der Waals surface area contributed by atoms with Gasteiger partial charge in [-0.2, -0.15) is 0 Å². The van der Waals surface area contributed by atoms with Crippen LogP contribution in [0.2, 0.25) is 0 Å². The van der Waals surface area contributed by atoms with E-state index in [0.717, 1.165) is 95.0 Å². The lowest BCUT2D eigenvalue weighted by Crippen LogP contribution is -2.00. The van der Waals surface area contributed by atoms with Gasteiger partial charge in [-0.1, -0.05) is 189 Å². The molecule has 0 fully saturated rings. The van der Waals surface area contributed by atoms with E-state index in [9.17, 15) is 0 Å². The molecule has 0 aliphatic rings. The number of furan rings is 1. The molecule has 0 unspecified atom stereocenters. The maximum atomic E-state index is 6.48. The summed E-state index contributed by atoms with van der Waals surface area (Å²) in [4.78, 5) is 20.2. The van der Waals surface area contributed by atoms with Gasteiger partial charge in [0.05, 0.1) is 11.2 Å². The smallest absolute Gasteiger partial charge is 0.164 e. The van der Waals surface area contributed by atoms with Gasteiger partial charge < -0.3 is 4.42 Å². The van der Waals surface area contributed by atoms with Crippen LogP contribution in [0.3, 0.4) is 0 Å². The highest BCUT2D eigenvalue weighted by Crippen LogP contribution is 2.42. The van der Waals surface area contributed by atoms with E-state index in [1.54, 1.807) is 0 Å². The van der Waals surface area contributed by atoms with Crippen LogP contribution in [0.15, 0.2) is 199 Å². The van der Waals surface area contributed by atoms with E-state index in [1.165, 1.54) is 16.7 Å². The number of aryl methyl sites for hydroxylation is 1. The standard InChI is InChI=1S/C57H40N4O/c1-3-37-15-10-11-20-45(37)52-36(2)53(58-50-35-44(33-34-49(50)52)46-22-14-23-48-47-21-12-13-24-51(47)62-54(46)48)40-29-25-38(26-30-40)39-27-31-43(32-28-39)57-60-55(41-16-6-4-7-17-41)59-56(61-57)42-18-8-5-9-19-42/h4-35H,3H2,1-2H3. The predicted octanol–water partition coefficient (Wildman–Crippen LogP) is 14.9. The summed E-state index contributed by atoms with van der Waals surface area (Å²) >= 11 is 0. The minimum absolute atomic E-state index is 0.635.